The van der Waals surface area contributed by atoms with E-state index in [1.54, 1.807) is 23.5 Å². The lowest BCUT2D eigenvalue weighted by molar-refractivity contribution is 0.0948. The first-order chi connectivity index (χ1) is 12.0. The van der Waals surface area contributed by atoms with Crippen LogP contribution in [0.25, 0.3) is 5.65 Å². The lowest BCUT2D eigenvalue weighted by Crippen LogP contribution is -2.20. The van der Waals surface area contributed by atoms with E-state index in [1.165, 1.54) is 19.4 Å². The number of rotatable bonds is 4. The number of fused-ring (bicyclic) bond motifs is 1. The van der Waals surface area contributed by atoms with Crippen molar-refractivity contribution in [2.24, 2.45) is 5.10 Å². The summed E-state index contributed by atoms with van der Waals surface area (Å²) in [4.78, 5) is 16.8. The Balaban J connectivity index is 1.80. The van der Waals surface area contributed by atoms with Crippen molar-refractivity contribution in [3.8, 4) is 11.5 Å². The molecule has 0 saturated heterocycles. The maximum absolute atomic E-state index is 12.4. The zero-order valence-corrected chi connectivity index (χ0v) is 14.1. The van der Waals surface area contributed by atoms with Gasteiger partial charge in [0.2, 0.25) is 0 Å². The quantitative estimate of drug-likeness (QED) is 0.565. The summed E-state index contributed by atoms with van der Waals surface area (Å²) in [5, 5.41) is 13.5. The van der Waals surface area contributed by atoms with Crippen molar-refractivity contribution in [2.75, 3.05) is 7.11 Å². The zero-order chi connectivity index (χ0) is 18.0. The van der Waals surface area contributed by atoms with Crippen molar-refractivity contribution >= 4 is 17.8 Å². The molecule has 128 valence electrons. The van der Waals surface area contributed by atoms with Crippen LogP contribution in [0, 0.1) is 13.8 Å². The number of carbonyl (C=O) groups excluding carboxylic acids is 1. The van der Waals surface area contributed by atoms with Gasteiger partial charge in [0.25, 0.3) is 5.91 Å². The number of aromatic hydroxyl groups is 1. The maximum Gasteiger partial charge on any atom is 0.290 e. The van der Waals surface area contributed by atoms with Gasteiger partial charge in [0.1, 0.15) is 11.3 Å². The van der Waals surface area contributed by atoms with E-state index in [0.717, 1.165) is 11.2 Å². The van der Waals surface area contributed by atoms with Crippen LogP contribution in [0.2, 0.25) is 0 Å². The predicted octanol–water partition coefficient (Wildman–Crippen LogP) is 2.43. The molecule has 0 saturated carbocycles. The van der Waals surface area contributed by atoms with Crippen LogP contribution in [0.5, 0.6) is 11.5 Å². The van der Waals surface area contributed by atoms with Crippen molar-refractivity contribution in [1.29, 1.82) is 0 Å². The van der Waals surface area contributed by atoms with Gasteiger partial charge >= 0.3 is 0 Å². The van der Waals surface area contributed by atoms with E-state index in [4.69, 9.17) is 4.74 Å². The highest BCUT2D eigenvalue weighted by Gasteiger charge is 2.16. The summed E-state index contributed by atoms with van der Waals surface area (Å²) >= 11 is 0. The Morgan fingerprint density at radius 3 is 2.88 bits per heavy atom. The largest absolute Gasteiger partial charge is 0.504 e. The molecule has 0 bridgehead atoms. The zero-order valence-electron chi connectivity index (χ0n) is 14.1. The van der Waals surface area contributed by atoms with E-state index in [0.29, 0.717) is 22.7 Å². The fraction of sp³-hybridized carbons (Fsp3) is 0.167. The number of hydrazone groups is 1. The summed E-state index contributed by atoms with van der Waals surface area (Å²) in [6, 6.07) is 8.61. The number of ether oxygens (including phenoxy) is 1. The van der Waals surface area contributed by atoms with Gasteiger partial charge in [-0.3, -0.25) is 9.20 Å². The molecule has 3 aromatic rings. The third kappa shape index (κ3) is 3.30. The molecule has 7 heteroatoms. The number of aromatic nitrogens is 2. The molecule has 0 radical (unpaired) electrons. The molecule has 0 aliphatic heterocycles. The van der Waals surface area contributed by atoms with Crippen molar-refractivity contribution in [3.63, 3.8) is 0 Å². The molecule has 0 unspecified atom stereocenters. The Labute approximate surface area is 144 Å². The molecule has 1 aromatic carbocycles. The number of phenolic OH excluding ortho intramolecular Hbond substituents is 1. The van der Waals surface area contributed by atoms with Gasteiger partial charge in [0.05, 0.1) is 19.0 Å². The monoisotopic (exact) mass is 338 g/mol. The highest BCUT2D eigenvalue weighted by atomic mass is 16.5. The number of imidazole rings is 1. The Morgan fingerprint density at radius 1 is 1.32 bits per heavy atom. The molecule has 1 amide bonds. The van der Waals surface area contributed by atoms with Gasteiger partial charge < -0.3 is 9.84 Å². The van der Waals surface area contributed by atoms with Crippen LogP contribution in [-0.2, 0) is 0 Å². The average Bonchev–Trinajstić information content (AvgIpc) is 2.91. The van der Waals surface area contributed by atoms with E-state index < -0.39 is 0 Å². The minimum Gasteiger partial charge on any atom is -0.504 e. The highest BCUT2D eigenvalue weighted by molar-refractivity contribution is 5.95. The minimum atomic E-state index is -0.351. The van der Waals surface area contributed by atoms with Crippen molar-refractivity contribution in [2.45, 2.75) is 13.8 Å². The van der Waals surface area contributed by atoms with Gasteiger partial charge in [0, 0.05) is 6.20 Å². The molecule has 7 nitrogen and oxygen atoms in total. The molecule has 3 rings (SSSR count). The Hall–Kier alpha value is -3.35. The second kappa shape index (κ2) is 6.64. The number of amides is 1. The lowest BCUT2D eigenvalue weighted by atomic mass is 10.2. The first-order valence-electron chi connectivity index (χ1n) is 7.65. The number of phenols is 1. The van der Waals surface area contributed by atoms with Gasteiger partial charge in [-0.25, -0.2) is 10.4 Å². The van der Waals surface area contributed by atoms with Crippen LogP contribution in [0.4, 0.5) is 0 Å². The smallest absolute Gasteiger partial charge is 0.290 e. The van der Waals surface area contributed by atoms with Crippen LogP contribution in [-0.4, -0.2) is 33.7 Å². The molecule has 2 aromatic heterocycles. The van der Waals surface area contributed by atoms with Gasteiger partial charge in [-0.2, -0.15) is 5.10 Å². The Kier molecular flexibility index (Phi) is 4.38. The number of hydrogen-bond donors (Lipinski definition) is 2. The number of hydrogen-bond acceptors (Lipinski definition) is 5. The number of nitrogens with zero attached hydrogens (tertiary/aromatic N) is 3. The topological polar surface area (TPSA) is 88.2 Å². The molecule has 0 fully saturated rings. The lowest BCUT2D eigenvalue weighted by Gasteiger charge is -2.04. The summed E-state index contributed by atoms with van der Waals surface area (Å²) in [6.45, 7) is 3.76. The number of carbonyl (C=O) groups is 1. The van der Waals surface area contributed by atoms with Crippen molar-refractivity contribution in [1.82, 2.24) is 14.8 Å². The van der Waals surface area contributed by atoms with Crippen LogP contribution >= 0.6 is 0 Å². The van der Waals surface area contributed by atoms with Crippen LogP contribution in [0.15, 0.2) is 41.6 Å². The maximum atomic E-state index is 12.4. The SMILES string of the molecule is COc1cc(/C=N/NC(=O)c2c(C)nc3cc(C)ccn23)ccc1O. The Morgan fingerprint density at radius 2 is 2.12 bits per heavy atom. The fourth-order valence-electron chi connectivity index (χ4n) is 2.53. The molecule has 0 aliphatic carbocycles. The van der Waals surface area contributed by atoms with Crippen molar-refractivity contribution < 1.29 is 14.6 Å². The molecular weight excluding hydrogens is 320 g/mol. The third-order valence-electron chi connectivity index (χ3n) is 3.75. The number of nitrogens with one attached hydrogen (secondary N) is 1. The third-order valence-corrected chi connectivity index (χ3v) is 3.75. The van der Waals surface area contributed by atoms with Gasteiger partial charge in [-0.15, -0.1) is 0 Å². The molecule has 0 atom stereocenters. The molecule has 25 heavy (non-hydrogen) atoms. The van der Waals surface area contributed by atoms with Crippen molar-refractivity contribution in [3.05, 3.63) is 59.0 Å². The molecule has 2 N–H and O–H groups in total. The average molecular weight is 338 g/mol. The van der Waals surface area contributed by atoms with Gasteiger partial charge in [-0.05, 0) is 55.3 Å². The summed E-state index contributed by atoms with van der Waals surface area (Å²) in [5.74, 6) is 0.0273. The second-order valence-corrected chi connectivity index (χ2v) is 5.61. The summed E-state index contributed by atoms with van der Waals surface area (Å²) < 4.78 is 6.77. The molecule has 2 heterocycles. The standard InChI is InChI=1S/C18H18N4O3/c1-11-6-7-22-16(8-11)20-12(2)17(22)18(24)21-19-10-13-4-5-14(23)15(9-13)25-3/h4-10,23H,1-3H3,(H,21,24)/b19-10+. The number of pyridine rings is 1. The highest BCUT2D eigenvalue weighted by Crippen LogP contribution is 2.25. The van der Waals surface area contributed by atoms with Gasteiger partial charge in [0.15, 0.2) is 11.5 Å². The number of benzene rings is 1. The normalized spacial score (nSPS) is 11.2. The molecule has 0 aliphatic rings. The fourth-order valence-corrected chi connectivity index (χ4v) is 2.53. The molecular formula is C18H18N4O3. The van der Waals surface area contributed by atoms with E-state index in [-0.39, 0.29) is 11.7 Å². The van der Waals surface area contributed by atoms with Crippen LogP contribution in [0.3, 0.4) is 0 Å². The number of aryl methyl sites for hydroxylation is 2. The first-order valence-corrected chi connectivity index (χ1v) is 7.65. The van der Waals surface area contributed by atoms with E-state index in [1.807, 2.05) is 25.3 Å². The van der Waals surface area contributed by atoms with E-state index in [2.05, 4.69) is 15.5 Å². The number of methoxy groups -OCH3 is 1. The summed E-state index contributed by atoms with van der Waals surface area (Å²) in [6.07, 6.45) is 3.29. The second-order valence-electron chi connectivity index (χ2n) is 5.61. The van der Waals surface area contributed by atoms with Crippen LogP contribution in [0.1, 0.15) is 27.3 Å². The van der Waals surface area contributed by atoms with Gasteiger partial charge in [-0.1, -0.05) is 0 Å². The predicted molar refractivity (Wildman–Crippen MR) is 94.4 cm³/mol. The van der Waals surface area contributed by atoms with E-state index in [9.17, 15) is 9.90 Å². The Bertz CT molecular complexity index is 976. The van der Waals surface area contributed by atoms with E-state index >= 15 is 0 Å². The minimum absolute atomic E-state index is 0.0420. The summed E-state index contributed by atoms with van der Waals surface area (Å²) in [5.41, 5.74) is 6.04. The summed E-state index contributed by atoms with van der Waals surface area (Å²) in [7, 11) is 1.47. The van der Waals surface area contributed by atoms with Crippen LogP contribution < -0.4 is 10.2 Å². The first kappa shape index (κ1) is 16.5. The molecule has 0 spiro atoms.